The summed E-state index contributed by atoms with van der Waals surface area (Å²) in [5.41, 5.74) is 0.989. The molecule has 4 rings (SSSR count). The van der Waals surface area contributed by atoms with E-state index in [2.05, 4.69) is 25.8 Å². The number of amides is 2. The van der Waals surface area contributed by atoms with Crippen LogP contribution in [0.1, 0.15) is 33.9 Å². The Morgan fingerprint density at radius 1 is 1.21 bits per heavy atom. The van der Waals surface area contributed by atoms with Gasteiger partial charge in [-0.3, -0.25) is 14.7 Å². The lowest BCUT2D eigenvalue weighted by Crippen LogP contribution is -2.27. The van der Waals surface area contributed by atoms with Crippen LogP contribution in [0.3, 0.4) is 0 Å². The molecular weight excluding hydrogens is 394 g/mol. The molecule has 28 heavy (non-hydrogen) atoms. The maximum absolute atomic E-state index is 12.3. The summed E-state index contributed by atoms with van der Waals surface area (Å²) in [6.45, 7) is 0. The highest BCUT2D eigenvalue weighted by Gasteiger charge is 2.25. The van der Waals surface area contributed by atoms with Crippen LogP contribution in [0.5, 0.6) is 0 Å². The van der Waals surface area contributed by atoms with E-state index in [9.17, 15) is 9.59 Å². The zero-order chi connectivity index (χ0) is 19.3. The first-order valence-electron chi connectivity index (χ1n) is 8.93. The molecule has 0 bridgehead atoms. The molecule has 3 aromatic rings. The summed E-state index contributed by atoms with van der Waals surface area (Å²) in [6, 6.07) is 11.3. The fraction of sp³-hybridized carbons (Fsp3) is 0.263. The number of aromatic amines is 1. The third-order valence-corrected chi connectivity index (χ3v) is 5.85. The number of benzene rings is 1. The van der Waals surface area contributed by atoms with Gasteiger partial charge in [0.1, 0.15) is 5.82 Å². The van der Waals surface area contributed by atoms with Gasteiger partial charge in [0.2, 0.25) is 11.1 Å². The molecule has 9 heteroatoms. The number of para-hydroxylation sites is 1. The van der Waals surface area contributed by atoms with Crippen LogP contribution < -0.4 is 10.6 Å². The fourth-order valence-electron chi connectivity index (χ4n) is 2.60. The molecule has 2 aromatic heterocycles. The van der Waals surface area contributed by atoms with E-state index >= 15 is 0 Å². The first-order valence-corrected chi connectivity index (χ1v) is 10.8. The Bertz CT molecular complexity index is 966. The molecule has 0 unspecified atom stereocenters. The number of nitrogens with one attached hydrogen (secondary N) is 3. The number of hydrogen-bond acceptors (Lipinski definition) is 6. The van der Waals surface area contributed by atoms with E-state index in [1.807, 2.05) is 17.5 Å². The molecule has 0 atom stereocenters. The fourth-order valence-corrected chi connectivity index (χ4v) is 3.92. The van der Waals surface area contributed by atoms with E-state index in [1.165, 1.54) is 16.6 Å². The standard InChI is InChI=1S/C19H19N5O2S2/c25-17(11-28-19-22-16(23-24-19)10-13-4-3-9-27-13)21-15-6-2-1-5-14(15)18(26)20-12-7-8-12/h1-6,9,12H,7-8,10-11H2,(H,20,26)(H,21,25)(H,22,23,24). The normalized spacial score (nSPS) is 13.3. The molecule has 1 aromatic carbocycles. The molecule has 1 saturated carbocycles. The van der Waals surface area contributed by atoms with Crippen molar-refractivity contribution in [3.05, 3.63) is 58.0 Å². The van der Waals surface area contributed by atoms with Gasteiger partial charge in [-0.15, -0.1) is 16.4 Å². The van der Waals surface area contributed by atoms with E-state index in [1.54, 1.807) is 35.6 Å². The van der Waals surface area contributed by atoms with E-state index in [0.717, 1.165) is 18.7 Å². The third kappa shape index (κ3) is 4.99. The van der Waals surface area contributed by atoms with Crippen LogP contribution in [-0.4, -0.2) is 38.8 Å². The molecule has 2 amide bonds. The molecule has 7 nitrogen and oxygen atoms in total. The van der Waals surface area contributed by atoms with Gasteiger partial charge in [0, 0.05) is 17.3 Å². The van der Waals surface area contributed by atoms with E-state index in [-0.39, 0.29) is 23.6 Å². The minimum absolute atomic E-state index is 0.154. The second-order valence-corrected chi connectivity index (χ2v) is 8.43. The number of hydrogen-bond donors (Lipinski definition) is 3. The quantitative estimate of drug-likeness (QED) is 0.493. The Labute approximate surface area is 170 Å². The number of anilines is 1. The highest BCUT2D eigenvalue weighted by atomic mass is 32.2. The van der Waals surface area contributed by atoms with Crippen LogP contribution in [0.2, 0.25) is 0 Å². The predicted octanol–water partition coefficient (Wildman–Crippen LogP) is 3.08. The van der Waals surface area contributed by atoms with E-state index in [4.69, 9.17) is 0 Å². The average molecular weight is 414 g/mol. The van der Waals surface area contributed by atoms with E-state index < -0.39 is 0 Å². The van der Waals surface area contributed by atoms with Crippen molar-refractivity contribution < 1.29 is 9.59 Å². The molecule has 1 aliphatic carbocycles. The topological polar surface area (TPSA) is 99.8 Å². The lowest BCUT2D eigenvalue weighted by Gasteiger charge is -2.10. The van der Waals surface area contributed by atoms with Crippen LogP contribution in [0.4, 0.5) is 5.69 Å². The Balaban J connectivity index is 1.31. The second kappa shape index (κ2) is 8.57. The molecule has 1 aliphatic rings. The SMILES string of the molecule is O=C(CSc1n[nH]c(Cc2cccs2)n1)Nc1ccccc1C(=O)NC1CC1. The van der Waals surface area contributed by atoms with Crippen molar-refractivity contribution in [1.82, 2.24) is 20.5 Å². The van der Waals surface area contributed by atoms with Crippen molar-refractivity contribution in [2.24, 2.45) is 0 Å². The van der Waals surface area contributed by atoms with Crippen LogP contribution in [0, 0.1) is 0 Å². The van der Waals surface area contributed by atoms with Crippen LogP contribution in [0.15, 0.2) is 46.9 Å². The molecular formula is C19H19N5O2S2. The minimum atomic E-state index is -0.207. The monoisotopic (exact) mass is 413 g/mol. The number of thioether (sulfide) groups is 1. The smallest absolute Gasteiger partial charge is 0.253 e. The number of thiophene rings is 1. The van der Waals surface area contributed by atoms with Crippen molar-refractivity contribution in [3.8, 4) is 0 Å². The molecule has 0 aliphatic heterocycles. The van der Waals surface area contributed by atoms with Gasteiger partial charge in [-0.05, 0) is 36.4 Å². The van der Waals surface area contributed by atoms with E-state index in [0.29, 0.717) is 22.8 Å². The molecule has 3 N–H and O–H groups in total. The Morgan fingerprint density at radius 3 is 2.86 bits per heavy atom. The highest BCUT2D eigenvalue weighted by molar-refractivity contribution is 7.99. The van der Waals surface area contributed by atoms with Crippen molar-refractivity contribution in [2.45, 2.75) is 30.5 Å². The Morgan fingerprint density at radius 2 is 2.07 bits per heavy atom. The lowest BCUT2D eigenvalue weighted by molar-refractivity contribution is -0.113. The molecule has 144 valence electrons. The minimum Gasteiger partial charge on any atom is -0.349 e. The van der Waals surface area contributed by atoms with Crippen LogP contribution in [-0.2, 0) is 11.2 Å². The van der Waals surface area contributed by atoms with Gasteiger partial charge in [0.05, 0.1) is 17.0 Å². The van der Waals surface area contributed by atoms with Gasteiger partial charge in [0.15, 0.2) is 0 Å². The van der Waals surface area contributed by atoms with Gasteiger partial charge in [0.25, 0.3) is 5.91 Å². The number of carbonyl (C=O) groups excluding carboxylic acids is 2. The van der Waals surface area contributed by atoms with Gasteiger partial charge < -0.3 is 10.6 Å². The first-order chi connectivity index (χ1) is 13.7. The molecule has 0 spiro atoms. The van der Waals surface area contributed by atoms with Crippen molar-refractivity contribution in [1.29, 1.82) is 0 Å². The maximum atomic E-state index is 12.3. The van der Waals surface area contributed by atoms with Crippen molar-refractivity contribution in [3.63, 3.8) is 0 Å². The summed E-state index contributed by atoms with van der Waals surface area (Å²) in [6.07, 6.45) is 2.73. The van der Waals surface area contributed by atoms with Crippen LogP contribution in [0.25, 0.3) is 0 Å². The maximum Gasteiger partial charge on any atom is 0.253 e. The number of carbonyl (C=O) groups is 2. The zero-order valence-electron chi connectivity index (χ0n) is 15.0. The lowest BCUT2D eigenvalue weighted by atomic mass is 10.1. The number of aromatic nitrogens is 3. The molecule has 0 radical (unpaired) electrons. The summed E-state index contributed by atoms with van der Waals surface area (Å²) in [4.78, 5) is 30.3. The summed E-state index contributed by atoms with van der Waals surface area (Å²) >= 11 is 2.92. The summed E-state index contributed by atoms with van der Waals surface area (Å²) in [7, 11) is 0. The second-order valence-electron chi connectivity index (χ2n) is 6.45. The van der Waals surface area contributed by atoms with Gasteiger partial charge in [-0.2, -0.15) is 0 Å². The Hall–Kier alpha value is -2.65. The largest absolute Gasteiger partial charge is 0.349 e. The molecule has 2 heterocycles. The van der Waals surface area contributed by atoms with Crippen LogP contribution >= 0.6 is 23.1 Å². The average Bonchev–Trinajstić information content (AvgIpc) is 3.16. The molecule has 0 saturated heterocycles. The summed E-state index contributed by atoms with van der Waals surface area (Å²) < 4.78 is 0. The number of H-pyrrole nitrogens is 1. The van der Waals surface area contributed by atoms with Gasteiger partial charge in [-0.1, -0.05) is 30.0 Å². The zero-order valence-corrected chi connectivity index (χ0v) is 16.6. The van der Waals surface area contributed by atoms with Gasteiger partial charge in [-0.25, -0.2) is 4.98 Å². The van der Waals surface area contributed by atoms with Crippen molar-refractivity contribution >= 4 is 40.6 Å². The predicted molar refractivity (Wildman–Crippen MR) is 110 cm³/mol. The summed E-state index contributed by atoms with van der Waals surface area (Å²) in [5, 5.41) is 15.4. The third-order valence-electron chi connectivity index (χ3n) is 4.12. The number of nitrogens with zero attached hydrogens (tertiary/aromatic N) is 2. The van der Waals surface area contributed by atoms with Gasteiger partial charge >= 0.3 is 0 Å². The Kier molecular flexibility index (Phi) is 5.73. The van der Waals surface area contributed by atoms with Crippen molar-refractivity contribution in [2.75, 3.05) is 11.1 Å². The summed E-state index contributed by atoms with van der Waals surface area (Å²) in [5.74, 6) is 0.571. The number of rotatable bonds is 8. The molecule has 1 fully saturated rings. The first kappa shape index (κ1) is 18.7. The highest BCUT2D eigenvalue weighted by Crippen LogP contribution is 2.22.